The molecule has 3 aromatic rings. The number of amides is 1. The Hall–Kier alpha value is -3.39. The summed E-state index contributed by atoms with van der Waals surface area (Å²) in [5.74, 6) is -1.26. The van der Waals surface area contributed by atoms with E-state index in [0.717, 1.165) is 11.6 Å². The number of carbonyl (C=O) groups is 1. The molecule has 4 atom stereocenters. The van der Waals surface area contributed by atoms with Gasteiger partial charge in [-0.05, 0) is 30.2 Å². The average Bonchev–Trinajstić information content (AvgIpc) is 3.37. The predicted molar refractivity (Wildman–Crippen MR) is 133 cm³/mol. The molecule has 0 spiro atoms. The number of benzene rings is 2. The number of piperidine rings is 1. The second-order valence-corrected chi connectivity index (χ2v) is 10.1. The largest absolute Gasteiger partial charge is 0.384 e. The van der Waals surface area contributed by atoms with Gasteiger partial charge in [0.15, 0.2) is 5.82 Å². The molecular weight excluding hydrogens is 462 g/mol. The summed E-state index contributed by atoms with van der Waals surface area (Å²) in [6.45, 7) is 5.96. The zero-order valence-electron chi connectivity index (χ0n) is 20.4. The van der Waals surface area contributed by atoms with Gasteiger partial charge in [0.2, 0.25) is 5.91 Å². The quantitative estimate of drug-likeness (QED) is 0.590. The highest BCUT2D eigenvalue weighted by Crippen LogP contribution is 2.42. The molecule has 1 N–H and O–H groups in total. The molecule has 6 nitrogen and oxygen atoms in total. The molecule has 0 aliphatic carbocycles. The third-order valence-electron chi connectivity index (χ3n) is 7.80. The fourth-order valence-electron chi connectivity index (χ4n) is 5.84. The molecule has 0 saturated carbocycles. The summed E-state index contributed by atoms with van der Waals surface area (Å²) in [6.07, 6.45) is 2.12. The molecule has 3 heterocycles. The summed E-state index contributed by atoms with van der Waals surface area (Å²) >= 11 is 0. The van der Waals surface area contributed by atoms with E-state index in [-0.39, 0.29) is 29.2 Å². The van der Waals surface area contributed by atoms with Crippen LogP contribution in [0.3, 0.4) is 0 Å². The monoisotopic (exact) mass is 492 g/mol. The number of carbonyl (C=O) groups excluding carboxylic acids is 1. The van der Waals surface area contributed by atoms with Crippen LogP contribution in [0.25, 0.3) is 11.1 Å². The van der Waals surface area contributed by atoms with Crippen molar-refractivity contribution in [3.8, 4) is 11.1 Å². The summed E-state index contributed by atoms with van der Waals surface area (Å²) in [5.41, 5.74) is 0.652. The topological polar surface area (TPSA) is 69.6 Å². The van der Waals surface area contributed by atoms with Crippen LogP contribution >= 0.6 is 0 Å². The fraction of sp³-hybridized carbons (Fsp3) is 0.393. The molecule has 1 aromatic heterocycles. The van der Waals surface area contributed by atoms with Crippen molar-refractivity contribution in [2.75, 3.05) is 31.1 Å². The lowest BCUT2D eigenvalue weighted by molar-refractivity contribution is -0.152. The van der Waals surface area contributed by atoms with Crippen molar-refractivity contribution in [2.24, 2.45) is 17.8 Å². The van der Waals surface area contributed by atoms with Crippen LogP contribution in [0.1, 0.15) is 25.8 Å². The van der Waals surface area contributed by atoms with E-state index in [1.165, 1.54) is 18.3 Å². The highest BCUT2D eigenvalue weighted by Gasteiger charge is 2.47. The number of likely N-dealkylation sites (tertiary alicyclic amines) is 1. The second-order valence-electron chi connectivity index (χ2n) is 10.1. The molecule has 36 heavy (non-hydrogen) atoms. The molecular formula is C28H30F2N4O2. The molecule has 1 unspecified atom stereocenters. The summed E-state index contributed by atoms with van der Waals surface area (Å²) in [6, 6.07) is 14.8. The van der Waals surface area contributed by atoms with Crippen molar-refractivity contribution < 1.29 is 18.7 Å². The molecule has 188 valence electrons. The highest BCUT2D eigenvalue weighted by atomic mass is 19.1. The first-order valence-electron chi connectivity index (χ1n) is 12.4. The van der Waals surface area contributed by atoms with Gasteiger partial charge >= 0.3 is 0 Å². The fourth-order valence-corrected chi connectivity index (χ4v) is 5.84. The summed E-state index contributed by atoms with van der Waals surface area (Å²) in [7, 11) is 0. The molecule has 0 bridgehead atoms. The van der Waals surface area contributed by atoms with Crippen molar-refractivity contribution >= 4 is 11.7 Å². The third kappa shape index (κ3) is 4.23. The van der Waals surface area contributed by atoms with Gasteiger partial charge in [0.1, 0.15) is 11.6 Å². The Balaban J connectivity index is 1.32. The number of halogens is 2. The van der Waals surface area contributed by atoms with Gasteiger partial charge in [0, 0.05) is 55.2 Å². The van der Waals surface area contributed by atoms with Crippen molar-refractivity contribution in [1.29, 1.82) is 0 Å². The maximum absolute atomic E-state index is 14.5. The minimum atomic E-state index is -0.993. The number of aliphatic hydroxyl groups is 1. The first-order chi connectivity index (χ1) is 17.3. The second kappa shape index (κ2) is 9.58. The minimum Gasteiger partial charge on any atom is -0.384 e. The van der Waals surface area contributed by atoms with Crippen LogP contribution in [0.2, 0.25) is 0 Å². The van der Waals surface area contributed by atoms with E-state index in [2.05, 4.69) is 10.2 Å². The molecule has 1 amide bonds. The number of hydrogen-bond donors (Lipinski definition) is 1. The maximum atomic E-state index is 14.5. The van der Waals surface area contributed by atoms with E-state index in [4.69, 9.17) is 0 Å². The van der Waals surface area contributed by atoms with E-state index in [1.807, 2.05) is 54.0 Å². The average molecular weight is 493 g/mol. The van der Waals surface area contributed by atoms with E-state index in [9.17, 15) is 18.7 Å². The van der Waals surface area contributed by atoms with E-state index >= 15 is 0 Å². The summed E-state index contributed by atoms with van der Waals surface area (Å²) < 4.78 is 28.0. The SMILES string of the molecule is C[C@@H]1CN(C(=O)[C@H]2CCN(c3nnccc3-c3ccc(F)cc3F)C2)C[C@H](C)C1(O)c1ccccc1. The van der Waals surface area contributed by atoms with Gasteiger partial charge in [-0.15, -0.1) is 5.10 Å². The van der Waals surface area contributed by atoms with Gasteiger partial charge in [0.25, 0.3) is 0 Å². The smallest absolute Gasteiger partial charge is 0.227 e. The molecule has 8 heteroatoms. The number of anilines is 1. The van der Waals surface area contributed by atoms with E-state index in [1.54, 1.807) is 6.07 Å². The van der Waals surface area contributed by atoms with Gasteiger partial charge in [-0.1, -0.05) is 44.2 Å². The lowest BCUT2D eigenvalue weighted by Gasteiger charge is -2.48. The van der Waals surface area contributed by atoms with Crippen molar-refractivity contribution in [3.63, 3.8) is 0 Å². The highest BCUT2D eigenvalue weighted by molar-refractivity contribution is 5.82. The Morgan fingerprint density at radius 2 is 1.72 bits per heavy atom. The Bertz CT molecular complexity index is 1240. The normalized spacial score (nSPS) is 26.3. The van der Waals surface area contributed by atoms with Crippen molar-refractivity contribution in [3.05, 3.63) is 78.0 Å². The molecule has 2 aliphatic heterocycles. The van der Waals surface area contributed by atoms with E-state index < -0.39 is 17.2 Å². The van der Waals surface area contributed by atoms with Gasteiger partial charge in [0.05, 0.1) is 17.7 Å². The molecule has 2 aromatic carbocycles. The van der Waals surface area contributed by atoms with Crippen LogP contribution in [0.15, 0.2) is 60.8 Å². The Labute approximate surface area is 209 Å². The standard InChI is InChI=1S/C28H30F2N4O2/c1-18-15-34(16-19(2)28(18,36)21-6-4-3-5-7-21)27(35)20-11-13-33(17-20)26-24(10-12-31-32-26)23-9-8-22(29)14-25(23)30/h3-10,12,14,18-20,36H,11,13,15-17H2,1-2H3/t18-,19+,20-,28?/m0/s1. The molecule has 2 saturated heterocycles. The van der Waals surface area contributed by atoms with Crippen LogP contribution in [0.4, 0.5) is 14.6 Å². The van der Waals surface area contributed by atoms with Gasteiger partial charge in [-0.2, -0.15) is 5.10 Å². The lowest BCUT2D eigenvalue weighted by Crippen LogP contribution is -2.56. The summed E-state index contributed by atoms with van der Waals surface area (Å²) in [5, 5.41) is 19.8. The Kier molecular flexibility index (Phi) is 6.47. The van der Waals surface area contributed by atoms with Gasteiger partial charge < -0.3 is 14.9 Å². The summed E-state index contributed by atoms with van der Waals surface area (Å²) in [4.78, 5) is 17.4. The van der Waals surface area contributed by atoms with Crippen LogP contribution in [0.5, 0.6) is 0 Å². The van der Waals surface area contributed by atoms with Crippen molar-refractivity contribution in [1.82, 2.24) is 15.1 Å². The van der Waals surface area contributed by atoms with Crippen LogP contribution in [0, 0.1) is 29.4 Å². The van der Waals surface area contributed by atoms with Crippen LogP contribution in [-0.2, 0) is 10.4 Å². The molecule has 5 rings (SSSR count). The third-order valence-corrected chi connectivity index (χ3v) is 7.80. The Morgan fingerprint density at radius 1 is 1.00 bits per heavy atom. The first-order valence-corrected chi connectivity index (χ1v) is 12.4. The zero-order valence-corrected chi connectivity index (χ0v) is 20.4. The predicted octanol–water partition coefficient (Wildman–Crippen LogP) is 4.25. The van der Waals surface area contributed by atoms with E-state index in [0.29, 0.717) is 44.0 Å². The number of hydrogen-bond acceptors (Lipinski definition) is 5. The Morgan fingerprint density at radius 3 is 2.42 bits per heavy atom. The molecule has 2 aliphatic rings. The number of aromatic nitrogens is 2. The van der Waals surface area contributed by atoms with Gasteiger partial charge in [-0.3, -0.25) is 4.79 Å². The maximum Gasteiger partial charge on any atom is 0.227 e. The van der Waals surface area contributed by atoms with Crippen molar-refractivity contribution in [2.45, 2.75) is 25.9 Å². The van der Waals surface area contributed by atoms with Crippen LogP contribution in [-0.4, -0.2) is 52.3 Å². The molecule has 0 radical (unpaired) electrons. The minimum absolute atomic E-state index is 0.0599. The number of rotatable bonds is 4. The van der Waals surface area contributed by atoms with Gasteiger partial charge in [-0.25, -0.2) is 8.78 Å². The first kappa shape index (κ1) is 24.3. The lowest BCUT2D eigenvalue weighted by atomic mass is 9.70. The number of nitrogens with zero attached hydrogens (tertiary/aromatic N) is 4. The molecule has 2 fully saturated rings. The van der Waals surface area contributed by atoms with Crippen LogP contribution < -0.4 is 4.90 Å². The zero-order chi connectivity index (χ0) is 25.4.